The topological polar surface area (TPSA) is 99.3 Å². The Morgan fingerprint density at radius 3 is 3.06 bits per heavy atom. The van der Waals surface area contributed by atoms with E-state index in [1.807, 2.05) is 12.3 Å². The molecule has 0 spiro atoms. The van der Waals surface area contributed by atoms with Crippen LogP contribution >= 0.6 is 11.3 Å². The molecule has 3 aromatic rings. The number of aryl methyl sites for hydroxylation is 1. The van der Waals surface area contributed by atoms with Crippen LogP contribution in [-0.4, -0.2) is 19.6 Å². The summed E-state index contributed by atoms with van der Waals surface area (Å²) in [5, 5.41) is 9.39. The minimum atomic E-state index is -0.217. The molecule has 18 heavy (non-hydrogen) atoms. The first-order chi connectivity index (χ1) is 8.70. The molecular weight excluding hydrogens is 254 g/mol. The largest absolute Gasteiger partial charge is 0.419 e. The number of hydrogen-bond acceptors (Lipinski definition) is 7. The van der Waals surface area contributed by atoms with Gasteiger partial charge in [-0.1, -0.05) is 0 Å². The van der Waals surface area contributed by atoms with Gasteiger partial charge in [-0.3, -0.25) is 9.20 Å². The third-order valence-electron chi connectivity index (χ3n) is 2.49. The molecule has 0 aliphatic carbocycles. The van der Waals surface area contributed by atoms with Gasteiger partial charge in [0.2, 0.25) is 5.89 Å². The van der Waals surface area contributed by atoms with Crippen LogP contribution in [-0.2, 0) is 6.54 Å². The molecule has 0 bridgehead atoms. The highest BCUT2D eigenvalue weighted by molar-refractivity contribution is 7.15. The van der Waals surface area contributed by atoms with Crippen molar-refractivity contribution in [1.82, 2.24) is 19.6 Å². The number of hydrogen-bond donors (Lipinski definition) is 1. The zero-order chi connectivity index (χ0) is 12.7. The van der Waals surface area contributed by atoms with Crippen LogP contribution in [0.4, 0.5) is 0 Å². The fourth-order valence-corrected chi connectivity index (χ4v) is 2.44. The summed E-state index contributed by atoms with van der Waals surface area (Å²) in [7, 11) is 0. The summed E-state index contributed by atoms with van der Waals surface area (Å²) >= 11 is 1.41. The lowest BCUT2D eigenvalue weighted by molar-refractivity contribution is 0.508. The predicted molar refractivity (Wildman–Crippen MR) is 65.3 cm³/mol. The standard InChI is InChI=1S/C10H9N5O2S/c1-5-4-18-10-12-3-6(9(16)15(5)10)8-14-13-7(2-11)17-8/h3-4H,2,11H2,1H3. The molecule has 3 aromatic heterocycles. The van der Waals surface area contributed by atoms with Gasteiger partial charge in [-0.05, 0) is 6.92 Å². The predicted octanol–water partition coefficient (Wildman–Crippen LogP) is 0.573. The van der Waals surface area contributed by atoms with Crippen LogP contribution in [0.1, 0.15) is 11.6 Å². The Labute approximate surface area is 105 Å². The average Bonchev–Trinajstić information content (AvgIpc) is 2.97. The van der Waals surface area contributed by atoms with Crippen LogP contribution in [0.3, 0.4) is 0 Å². The van der Waals surface area contributed by atoms with E-state index in [-0.39, 0.29) is 29.4 Å². The lowest BCUT2D eigenvalue weighted by atomic mass is 10.3. The molecule has 0 saturated carbocycles. The van der Waals surface area contributed by atoms with Crippen molar-refractivity contribution < 1.29 is 4.42 Å². The molecule has 0 aliphatic rings. The molecule has 0 fully saturated rings. The van der Waals surface area contributed by atoms with Crippen molar-refractivity contribution in [1.29, 1.82) is 0 Å². The average molecular weight is 263 g/mol. The Morgan fingerprint density at radius 2 is 2.33 bits per heavy atom. The van der Waals surface area contributed by atoms with E-state index >= 15 is 0 Å². The zero-order valence-corrected chi connectivity index (χ0v) is 10.3. The lowest BCUT2D eigenvalue weighted by Gasteiger charge is -1.97. The Bertz CT molecular complexity index is 772. The van der Waals surface area contributed by atoms with Gasteiger partial charge in [-0.25, -0.2) is 4.98 Å². The van der Waals surface area contributed by atoms with E-state index in [9.17, 15) is 4.79 Å². The Balaban J connectivity index is 2.26. The Morgan fingerprint density at radius 1 is 1.50 bits per heavy atom. The third-order valence-corrected chi connectivity index (χ3v) is 3.45. The molecule has 3 rings (SSSR count). The molecule has 0 radical (unpaired) electrons. The first kappa shape index (κ1) is 11.1. The molecule has 0 amide bonds. The van der Waals surface area contributed by atoms with Gasteiger partial charge in [0.15, 0.2) is 4.96 Å². The van der Waals surface area contributed by atoms with E-state index in [1.54, 1.807) is 0 Å². The molecule has 92 valence electrons. The van der Waals surface area contributed by atoms with Gasteiger partial charge in [0.25, 0.3) is 11.4 Å². The highest BCUT2D eigenvalue weighted by atomic mass is 32.1. The number of rotatable bonds is 2. The fourth-order valence-electron chi connectivity index (χ4n) is 1.62. The van der Waals surface area contributed by atoms with Crippen LogP contribution in [0, 0.1) is 6.92 Å². The summed E-state index contributed by atoms with van der Waals surface area (Å²) in [5.74, 6) is 0.435. The van der Waals surface area contributed by atoms with Crippen molar-refractivity contribution in [3.63, 3.8) is 0 Å². The molecule has 3 heterocycles. The second-order valence-electron chi connectivity index (χ2n) is 3.68. The van der Waals surface area contributed by atoms with Crippen molar-refractivity contribution >= 4 is 16.3 Å². The number of thiazole rings is 1. The van der Waals surface area contributed by atoms with Crippen molar-refractivity contribution in [3.05, 3.63) is 33.5 Å². The van der Waals surface area contributed by atoms with Crippen LogP contribution < -0.4 is 11.3 Å². The van der Waals surface area contributed by atoms with Crippen LogP contribution in [0.15, 0.2) is 20.8 Å². The quantitative estimate of drug-likeness (QED) is 0.725. The molecule has 0 aromatic carbocycles. The maximum Gasteiger partial charge on any atom is 0.271 e. The molecule has 2 N–H and O–H groups in total. The van der Waals surface area contributed by atoms with Crippen molar-refractivity contribution in [3.8, 4) is 11.5 Å². The molecule has 7 nitrogen and oxygen atoms in total. The first-order valence-electron chi connectivity index (χ1n) is 5.19. The second-order valence-corrected chi connectivity index (χ2v) is 4.51. The highest BCUT2D eigenvalue weighted by Gasteiger charge is 2.15. The number of aromatic nitrogens is 4. The Kier molecular flexibility index (Phi) is 2.46. The summed E-state index contributed by atoms with van der Waals surface area (Å²) in [6.45, 7) is 1.98. The molecule has 8 heteroatoms. The van der Waals surface area contributed by atoms with Gasteiger partial charge in [0.05, 0.1) is 6.54 Å². The van der Waals surface area contributed by atoms with E-state index < -0.39 is 0 Å². The highest BCUT2D eigenvalue weighted by Crippen LogP contribution is 2.16. The second kappa shape index (κ2) is 4.00. The lowest BCUT2D eigenvalue weighted by Crippen LogP contribution is -2.16. The van der Waals surface area contributed by atoms with Gasteiger partial charge in [-0.15, -0.1) is 21.5 Å². The number of fused-ring (bicyclic) bond motifs is 1. The van der Waals surface area contributed by atoms with Crippen LogP contribution in [0.2, 0.25) is 0 Å². The van der Waals surface area contributed by atoms with E-state index in [2.05, 4.69) is 15.2 Å². The number of nitrogens with two attached hydrogens (primary N) is 1. The van der Waals surface area contributed by atoms with E-state index in [0.717, 1.165) is 5.69 Å². The summed E-state index contributed by atoms with van der Waals surface area (Å²) < 4.78 is 6.79. The molecule has 0 aliphatic heterocycles. The molecular formula is C10H9N5O2S. The first-order valence-corrected chi connectivity index (χ1v) is 6.07. The van der Waals surface area contributed by atoms with Gasteiger partial charge >= 0.3 is 0 Å². The van der Waals surface area contributed by atoms with Gasteiger partial charge < -0.3 is 10.2 Å². The summed E-state index contributed by atoms with van der Waals surface area (Å²) in [4.78, 5) is 17.1. The fraction of sp³-hybridized carbons (Fsp3) is 0.200. The van der Waals surface area contributed by atoms with Crippen LogP contribution in [0.25, 0.3) is 16.4 Å². The van der Waals surface area contributed by atoms with E-state index in [4.69, 9.17) is 10.2 Å². The van der Waals surface area contributed by atoms with Crippen LogP contribution in [0.5, 0.6) is 0 Å². The molecule has 0 unspecified atom stereocenters. The number of nitrogens with zero attached hydrogens (tertiary/aromatic N) is 4. The van der Waals surface area contributed by atoms with Crippen molar-refractivity contribution in [2.45, 2.75) is 13.5 Å². The SMILES string of the molecule is Cc1csc2ncc(-c3nnc(CN)o3)c(=O)n12. The maximum absolute atomic E-state index is 12.3. The smallest absolute Gasteiger partial charge is 0.271 e. The summed E-state index contributed by atoms with van der Waals surface area (Å²) in [5.41, 5.74) is 6.27. The molecule has 0 atom stereocenters. The minimum Gasteiger partial charge on any atom is -0.419 e. The third kappa shape index (κ3) is 1.54. The van der Waals surface area contributed by atoms with Gasteiger partial charge in [0.1, 0.15) is 5.56 Å². The Hall–Kier alpha value is -2.06. The zero-order valence-electron chi connectivity index (χ0n) is 9.45. The minimum absolute atomic E-state index is 0.140. The van der Waals surface area contributed by atoms with Crippen molar-refractivity contribution in [2.24, 2.45) is 5.73 Å². The summed E-state index contributed by atoms with van der Waals surface area (Å²) in [6, 6.07) is 0. The monoisotopic (exact) mass is 263 g/mol. The normalized spacial score (nSPS) is 11.2. The van der Waals surface area contributed by atoms with Gasteiger partial charge in [0, 0.05) is 17.3 Å². The molecule has 0 saturated heterocycles. The van der Waals surface area contributed by atoms with Gasteiger partial charge in [-0.2, -0.15) is 0 Å². The van der Waals surface area contributed by atoms with E-state index in [1.165, 1.54) is 21.9 Å². The summed E-state index contributed by atoms with van der Waals surface area (Å²) in [6.07, 6.45) is 1.45. The maximum atomic E-state index is 12.3. The van der Waals surface area contributed by atoms with Crippen molar-refractivity contribution in [2.75, 3.05) is 0 Å². The van der Waals surface area contributed by atoms with E-state index in [0.29, 0.717) is 4.96 Å².